The van der Waals surface area contributed by atoms with Gasteiger partial charge >= 0.3 is 0 Å². The monoisotopic (exact) mass is 235 g/mol. The summed E-state index contributed by atoms with van der Waals surface area (Å²) in [6.45, 7) is 5.08. The first kappa shape index (κ1) is 11.2. The highest BCUT2D eigenvalue weighted by atomic mass is 16.3. The first-order valence-electron chi connectivity index (χ1n) is 6.74. The molecule has 0 spiro atoms. The van der Waals surface area contributed by atoms with E-state index >= 15 is 0 Å². The van der Waals surface area contributed by atoms with Gasteiger partial charge in [0.2, 0.25) is 0 Å². The molecule has 2 saturated heterocycles. The normalized spacial score (nSPS) is 33.9. The Morgan fingerprint density at radius 1 is 1.47 bits per heavy atom. The Hall–Kier alpha value is -0.870. The van der Waals surface area contributed by atoms with Crippen molar-refractivity contribution in [2.45, 2.75) is 50.8 Å². The van der Waals surface area contributed by atoms with Crippen molar-refractivity contribution in [3.8, 4) is 0 Å². The minimum atomic E-state index is -0.674. The van der Waals surface area contributed by atoms with Gasteiger partial charge in [-0.25, -0.2) is 0 Å². The lowest BCUT2D eigenvalue weighted by Gasteiger charge is -2.37. The number of fused-ring (bicyclic) bond motifs is 1. The van der Waals surface area contributed by atoms with Crippen LogP contribution in [0.3, 0.4) is 0 Å². The molecule has 2 fully saturated rings. The lowest BCUT2D eigenvalue weighted by atomic mass is 9.86. The first-order chi connectivity index (χ1) is 8.25. The number of rotatable bonds is 2. The minimum Gasteiger partial charge on any atom is -0.382 e. The molecule has 3 rings (SSSR count). The lowest BCUT2D eigenvalue weighted by molar-refractivity contribution is -0.0207. The van der Waals surface area contributed by atoms with E-state index in [1.54, 1.807) is 0 Å². The highest BCUT2D eigenvalue weighted by molar-refractivity contribution is 5.19. The number of aromatic nitrogens is 2. The van der Waals surface area contributed by atoms with Crippen LogP contribution in [0, 0.1) is 0 Å². The van der Waals surface area contributed by atoms with Crippen LogP contribution in [0.1, 0.15) is 38.3 Å². The standard InChI is InChI=1S/C13H21N3O/c1-2-16-12(6-8-14-16)13(17)7-10-15-9-4-3-5-11(13)15/h6,8,11,17H,2-5,7,9-10H2,1H3. The van der Waals surface area contributed by atoms with Crippen molar-refractivity contribution >= 4 is 0 Å². The molecule has 2 aliphatic heterocycles. The van der Waals surface area contributed by atoms with Gasteiger partial charge in [0.25, 0.3) is 0 Å². The fourth-order valence-electron chi connectivity index (χ4n) is 3.53. The van der Waals surface area contributed by atoms with E-state index in [0.717, 1.165) is 38.2 Å². The van der Waals surface area contributed by atoms with Gasteiger partial charge < -0.3 is 5.11 Å². The van der Waals surface area contributed by atoms with Crippen molar-refractivity contribution in [3.05, 3.63) is 18.0 Å². The number of piperidine rings is 1. The van der Waals surface area contributed by atoms with Gasteiger partial charge in [-0.1, -0.05) is 6.42 Å². The fraction of sp³-hybridized carbons (Fsp3) is 0.769. The molecular formula is C13H21N3O. The second-order valence-corrected chi connectivity index (χ2v) is 5.25. The van der Waals surface area contributed by atoms with E-state index in [2.05, 4.69) is 16.9 Å². The smallest absolute Gasteiger partial charge is 0.123 e. The third-order valence-electron chi connectivity index (χ3n) is 4.40. The highest BCUT2D eigenvalue weighted by Crippen LogP contribution is 2.41. The zero-order valence-corrected chi connectivity index (χ0v) is 10.5. The molecule has 2 unspecified atom stereocenters. The summed E-state index contributed by atoms with van der Waals surface area (Å²) in [5.41, 5.74) is 0.335. The maximum atomic E-state index is 11.1. The summed E-state index contributed by atoms with van der Waals surface area (Å²) in [5.74, 6) is 0. The average molecular weight is 235 g/mol. The fourth-order valence-corrected chi connectivity index (χ4v) is 3.53. The number of aryl methyl sites for hydroxylation is 1. The zero-order valence-electron chi connectivity index (χ0n) is 10.5. The molecule has 0 amide bonds. The molecule has 1 aromatic heterocycles. The molecule has 1 aromatic rings. The van der Waals surface area contributed by atoms with E-state index in [1.165, 1.54) is 12.8 Å². The minimum absolute atomic E-state index is 0.304. The van der Waals surface area contributed by atoms with E-state index in [4.69, 9.17) is 0 Å². The Morgan fingerprint density at radius 3 is 3.18 bits per heavy atom. The second-order valence-electron chi connectivity index (χ2n) is 5.25. The molecule has 0 saturated carbocycles. The maximum Gasteiger partial charge on any atom is 0.123 e. The zero-order chi connectivity index (χ0) is 11.9. The third kappa shape index (κ3) is 1.62. The molecule has 1 N–H and O–H groups in total. The van der Waals surface area contributed by atoms with Gasteiger partial charge in [0.1, 0.15) is 5.60 Å². The van der Waals surface area contributed by atoms with Gasteiger partial charge in [0.15, 0.2) is 0 Å². The molecule has 2 atom stereocenters. The van der Waals surface area contributed by atoms with E-state index in [9.17, 15) is 5.11 Å². The molecular weight excluding hydrogens is 214 g/mol. The maximum absolute atomic E-state index is 11.1. The van der Waals surface area contributed by atoms with Gasteiger partial charge in [-0.3, -0.25) is 9.58 Å². The molecule has 17 heavy (non-hydrogen) atoms. The van der Waals surface area contributed by atoms with Crippen molar-refractivity contribution in [2.24, 2.45) is 0 Å². The van der Waals surface area contributed by atoms with Crippen LogP contribution in [0.4, 0.5) is 0 Å². The second kappa shape index (κ2) is 4.10. The summed E-state index contributed by atoms with van der Waals surface area (Å²) in [7, 11) is 0. The third-order valence-corrected chi connectivity index (χ3v) is 4.40. The largest absolute Gasteiger partial charge is 0.382 e. The topological polar surface area (TPSA) is 41.3 Å². The average Bonchev–Trinajstić information content (AvgIpc) is 2.96. The van der Waals surface area contributed by atoms with Gasteiger partial charge in [-0.15, -0.1) is 0 Å². The lowest BCUT2D eigenvalue weighted by Crippen LogP contribution is -2.46. The van der Waals surface area contributed by atoms with Crippen molar-refractivity contribution in [1.82, 2.24) is 14.7 Å². The predicted octanol–water partition coefficient (Wildman–Crippen LogP) is 1.35. The van der Waals surface area contributed by atoms with E-state index in [-0.39, 0.29) is 0 Å². The molecule has 2 aliphatic rings. The Bertz CT molecular complexity index is 403. The number of nitrogens with zero attached hydrogens (tertiary/aromatic N) is 3. The SMILES string of the molecule is CCn1nccc1C1(O)CCN2CCCCC21. The molecule has 0 aliphatic carbocycles. The van der Waals surface area contributed by atoms with Crippen molar-refractivity contribution in [2.75, 3.05) is 13.1 Å². The van der Waals surface area contributed by atoms with Crippen LogP contribution in [0.2, 0.25) is 0 Å². The number of hydrogen-bond acceptors (Lipinski definition) is 3. The van der Waals surface area contributed by atoms with Crippen LogP contribution in [0.25, 0.3) is 0 Å². The van der Waals surface area contributed by atoms with Gasteiger partial charge in [0.05, 0.1) is 5.69 Å². The quantitative estimate of drug-likeness (QED) is 0.841. The number of aliphatic hydroxyl groups is 1. The highest BCUT2D eigenvalue weighted by Gasteiger charge is 2.49. The van der Waals surface area contributed by atoms with E-state index < -0.39 is 5.60 Å². The molecule has 4 heteroatoms. The Labute approximate surface area is 102 Å². The van der Waals surface area contributed by atoms with E-state index in [0.29, 0.717) is 6.04 Å². The summed E-state index contributed by atoms with van der Waals surface area (Å²) >= 11 is 0. The molecule has 0 aromatic carbocycles. The number of hydrogen-bond donors (Lipinski definition) is 1. The summed E-state index contributed by atoms with van der Waals surface area (Å²) < 4.78 is 1.94. The Morgan fingerprint density at radius 2 is 2.35 bits per heavy atom. The summed E-state index contributed by atoms with van der Waals surface area (Å²) in [4.78, 5) is 2.45. The Kier molecular flexibility index (Phi) is 2.71. The van der Waals surface area contributed by atoms with Crippen molar-refractivity contribution in [3.63, 3.8) is 0 Å². The molecule has 0 radical (unpaired) electrons. The van der Waals surface area contributed by atoms with Crippen LogP contribution < -0.4 is 0 Å². The molecule has 4 nitrogen and oxygen atoms in total. The summed E-state index contributed by atoms with van der Waals surface area (Å²) in [6.07, 6.45) is 6.29. The molecule has 3 heterocycles. The van der Waals surface area contributed by atoms with Gasteiger partial charge in [0, 0.05) is 25.3 Å². The van der Waals surface area contributed by atoms with E-state index in [1.807, 2.05) is 16.9 Å². The van der Waals surface area contributed by atoms with Crippen LogP contribution in [-0.4, -0.2) is 38.9 Å². The van der Waals surface area contributed by atoms with Gasteiger partial charge in [-0.05, 0) is 38.8 Å². The summed E-state index contributed by atoms with van der Waals surface area (Å²) in [6, 6.07) is 2.29. The first-order valence-corrected chi connectivity index (χ1v) is 6.74. The summed E-state index contributed by atoms with van der Waals surface area (Å²) in [5, 5.41) is 15.4. The van der Waals surface area contributed by atoms with Crippen molar-refractivity contribution in [1.29, 1.82) is 0 Å². The van der Waals surface area contributed by atoms with Crippen molar-refractivity contribution < 1.29 is 5.11 Å². The van der Waals surface area contributed by atoms with Gasteiger partial charge in [-0.2, -0.15) is 5.10 Å². The molecule has 94 valence electrons. The van der Waals surface area contributed by atoms with Crippen LogP contribution in [0.5, 0.6) is 0 Å². The van der Waals surface area contributed by atoms with Crippen LogP contribution in [-0.2, 0) is 12.1 Å². The van der Waals surface area contributed by atoms with Crippen LogP contribution >= 0.6 is 0 Å². The van der Waals surface area contributed by atoms with Crippen LogP contribution in [0.15, 0.2) is 12.3 Å². The Balaban J connectivity index is 1.95. The predicted molar refractivity (Wildman–Crippen MR) is 65.6 cm³/mol. The molecule has 0 bridgehead atoms.